The summed E-state index contributed by atoms with van der Waals surface area (Å²) in [5.74, 6) is 0.0703. The summed E-state index contributed by atoms with van der Waals surface area (Å²) in [5.41, 5.74) is -0.790. The molecular weight excluding hydrogens is 744 g/mol. The van der Waals surface area contributed by atoms with E-state index in [1.165, 1.54) is 6.08 Å². The Labute approximate surface area is 334 Å². The van der Waals surface area contributed by atoms with Gasteiger partial charge in [0.2, 0.25) is 0 Å². The van der Waals surface area contributed by atoms with E-state index in [4.69, 9.17) is 37.9 Å². The Morgan fingerprint density at radius 2 is 1.37 bits per heavy atom. The Morgan fingerprint density at radius 1 is 0.754 bits per heavy atom. The quantitative estimate of drug-likeness (QED) is 0.129. The maximum Gasteiger partial charge on any atom is 0.331 e. The predicted octanol–water partition coefficient (Wildman–Crippen LogP) is 2.40. The summed E-state index contributed by atoms with van der Waals surface area (Å²) in [7, 11) is 0. The van der Waals surface area contributed by atoms with Gasteiger partial charge in [-0.05, 0) is 94.5 Å². The minimum absolute atomic E-state index is 0.00114. The van der Waals surface area contributed by atoms with Crippen LogP contribution in [-0.4, -0.2) is 136 Å². The van der Waals surface area contributed by atoms with Crippen LogP contribution in [0.25, 0.3) is 0 Å². The second-order valence-corrected chi connectivity index (χ2v) is 19.1. The van der Waals surface area contributed by atoms with Crippen molar-refractivity contribution in [1.29, 1.82) is 0 Å². The van der Waals surface area contributed by atoms with E-state index in [1.54, 1.807) is 13.8 Å². The molecule has 0 aromatic heterocycles. The fourth-order valence-corrected chi connectivity index (χ4v) is 13.0. The van der Waals surface area contributed by atoms with Crippen LogP contribution in [-0.2, 0) is 47.5 Å². The van der Waals surface area contributed by atoms with Crippen molar-refractivity contribution in [2.75, 3.05) is 6.61 Å². The summed E-state index contributed by atoms with van der Waals surface area (Å²) in [5, 5.41) is 55.2. The van der Waals surface area contributed by atoms with E-state index in [9.17, 15) is 35.1 Å². The molecule has 8 aliphatic rings. The largest absolute Gasteiger partial charge is 0.464 e. The molecule has 57 heavy (non-hydrogen) atoms. The number of ether oxygens (including phenoxy) is 8. The van der Waals surface area contributed by atoms with Crippen LogP contribution in [0.1, 0.15) is 105 Å². The topological polar surface area (TPSA) is 209 Å². The fraction of sp³-hybridized carbons (Fsp3) is 0.905. The van der Waals surface area contributed by atoms with Gasteiger partial charge in [0.05, 0.1) is 48.3 Å². The molecule has 4 aliphatic carbocycles. The number of esters is 1. The molecule has 15 heteroatoms. The van der Waals surface area contributed by atoms with Crippen LogP contribution in [0.3, 0.4) is 0 Å². The van der Waals surface area contributed by atoms with Crippen molar-refractivity contribution in [3.8, 4) is 0 Å². The molecule has 0 unspecified atom stereocenters. The molecule has 322 valence electrons. The second-order valence-electron chi connectivity index (χ2n) is 19.1. The van der Waals surface area contributed by atoms with E-state index in [0.717, 1.165) is 50.5 Å². The van der Waals surface area contributed by atoms with Gasteiger partial charge in [-0.15, -0.1) is 0 Å². The van der Waals surface area contributed by atoms with Gasteiger partial charge in [0.15, 0.2) is 18.9 Å². The zero-order chi connectivity index (χ0) is 40.6. The van der Waals surface area contributed by atoms with Gasteiger partial charge < -0.3 is 63.4 Å². The van der Waals surface area contributed by atoms with E-state index >= 15 is 0 Å². The second kappa shape index (κ2) is 15.9. The molecule has 0 aromatic rings. The third kappa shape index (κ3) is 7.42. The zero-order valence-corrected chi connectivity index (χ0v) is 33.9. The highest BCUT2D eigenvalue weighted by Gasteiger charge is 2.71. The van der Waals surface area contributed by atoms with Crippen molar-refractivity contribution in [3.05, 3.63) is 11.6 Å². The lowest BCUT2D eigenvalue weighted by molar-refractivity contribution is -0.336. The molecule has 15 nitrogen and oxygen atoms in total. The van der Waals surface area contributed by atoms with E-state index in [1.807, 2.05) is 6.92 Å². The molecule has 21 atom stereocenters. The van der Waals surface area contributed by atoms with Crippen molar-refractivity contribution in [2.24, 2.45) is 34.5 Å². The Kier molecular flexibility index (Phi) is 11.7. The number of hydrogen-bond acceptors (Lipinski definition) is 15. The summed E-state index contributed by atoms with van der Waals surface area (Å²) in [6.45, 7) is 10.4. The van der Waals surface area contributed by atoms with Crippen LogP contribution in [0, 0.1) is 34.5 Å². The number of cyclic esters (lactones) is 1. The van der Waals surface area contributed by atoms with Gasteiger partial charge in [-0.3, -0.25) is 4.79 Å². The van der Waals surface area contributed by atoms with Crippen LogP contribution in [0.4, 0.5) is 0 Å². The van der Waals surface area contributed by atoms with Crippen molar-refractivity contribution >= 4 is 12.4 Å². The van der Waals surface area contributed by atoms with Gasteiger partial charge >= 0.3 is 5.97 Å². The first kappa shape index (κ1) is 42.0. The van der Waals surface area contributed by atoms with Crippen LogP contribution in [0.2, 0.25) is 0 Å². The molecule has 0 spiro atoms. The van der Waals surface area contributed by atoms with E-state index in [0.29, 0.717) is 24.7 Å². The van der Waals surface area contributed by atoms with E-state index in [-0.39, 0.29) is 55.2 Å². The van der Waals surface area contributed by atoms with Crippen molar-refractivity contribution in [1.82, 2.24) is 0 Å². The highest BCUT2D eigenvalue weighted by Crippen LogP contribution is 2.70. The highest BCUT2D eigenvalue weighted by atomic mass is 16.7. The van der Waals surface area contributed by atoms with Crippen molar-refractivity contribution < 1.29 is 73.0 Å². The SMILES string of the molecule is C[C@H]1O[C@H](O[C@H]2[C@@H](O)C[C@H](O[C@H]3[C@@H](O)C[C@H](O[C@@H]4CC[C@@]5(C)[C@H](CC[C@@H]6[C@@H]5CC[C@]5(C)[C@@H](C7=CC(=O)OC7)[C@H](OC=O)C[C@]65O)C4)O[C@@H]3C)O[C@@H]2C)C[C@H](O)[C@@H]1O. The number of carbonyl (C=O) groups is 2. The number of hydrogen-bond donors (Lipinski definition) is 5. The number of rotatable bonds is 9. The molecule has 8 rings (SSSR count). The number of carbonyl (C=O) groups excluding carboxylic acids is 2. The molecular formula is C42H64O15. The summed E-state index contributed by atoms with van der Waals surface area (Å²) in [4.78, 5) is 23.7. The van der Waals surface area contributed by atoms with Gasteiger partial charge in [0, 0.05) is 43.1 Å². The third-order valence-electron chi connectivity index (χ3n) is 16.0. The summed E-state index contributed by atoms with van der Waals surface area (Å²) in [6.07, 6.45) is -1.35. The number of aliphatic hydroxyl groups is 5. The standard InChI is InChI=1S/C42H64O15/c1-20-37(48)28(44)14-34(52-20)56-39-22(3)54-35(16-30(39)46)57-38-21(2)53-33(15-29(38)45)55-25-8-10-40(4)24(13-25)6-7-27-26(40)9-11-41(5)36(23-12-32(47)50-18-23)31(51-19-43)17-42(27,41)49/h12,19-22,24-31,33-39,44-46,48-49H,6-11,13-18H2,1-5H3/t20-,21-,22-,24-,25-,26+,27-,28+,29+,30+,31-,33+,34-,35+,36+,37-,38-,39-,40+,41-,42+/m1/s1. The maximum atomic E-state index is 12.8. The maximum absolute atomic E-state index is 12.8. The summed E-state index contributed by atoms with van der Waals surface area (Å²) < 4.78 is 47.8. The molecule has 0 bridgehead atoms. The third-order valence-corrected chi connectivity index (χ3v) is 16.0. The van der Waals surface area contributed by atoms with E-state index < -0.39 is 90.9 Å². The molecule has 5 N–H and O–H groups in total. The molecule has 4 saturated carbocycles. The molecule has 0 radical (unpaired) electrons. The van der Waals surface area contributed by atoms with Crippen LogP contribution >= 0.6 is 0 Å². The molecule has 7 fully saturated rings. The van der Waals surface area contributed by atoms with Gasteiger partial charge in [-0.1, -0.05) is 13.8 Å². The zero-order valence-electron chi connectivity index (χ0n) is 33.9. The van der Waals surface area contributed by atoms with Gasteiger partial charge in [0.1, 0.15) is 31.0 Å². The lowest BCUT2D eigenvalue weighted by atomic mass is 9.43. The normalized spacial score (nSPS) is 53.9. The molecule has 4 aliphatic heterocycles. The smallest absolute Gasteiger partial charge is 0.331 e. The first-order valence-corrected chi connectivity index (χ1v) is 21.4. The molecule has 4 heterocycles. The Balaban J connectivity index is 0.844. The molecule has 0 aromatic carbocycles. The summed E-state index contributed by atoms with van der Waals surface area (Å²) in [6, 6.07) is 0. The van der Waals surface area contributed by atoms with Crippen LogP contribution in [0.5, 0.6) is 0 Å². The summed E-state index contributed by atoms with van der Waals surface area (Å²) >= 11 is 0. The molecule has 3 saturated heterocycles. The Morgan fingerprint density at radius 3 is 1.95 bits per heavy atom. The minimum atomic E-state index is -1.05. The number of fused-ring (bicyclic) bond motifs is 5. The van der Waals surface area contributed by atoms with Crippen molar-refractivity contribution in [3.63, 3.8) is 0 Å². The highest BCUT2D eigenvalue weighted by molar-refractivity contribution is 5.85. The monoisotopic (exact) mass is 808 g/mol. The Bertz CT molecular complexity index is 1470. The van der Waals surface area contributed by atoms with Crippen molar-refractivity contribution in [2.45, 2.75) is 197 Å². The van der Waals surface area contributed by atoms with Gasteiger partial charge in [-0.2, -0.15) is 0 Å². The first-order chi connectivity index (χ1) is 27.0. The first-order valence-electron chi connectivity index (χ1n) is 21.4. The number of aliphatic hydroxyl groups excluding tert-OH is 4. The predicted molar refractivity (Wildman–Crippen MR) is 198 cm³/mol. The van der Waals surface area contributed by atoms with E-state index in [2.05, 4.69) is 13.8 Å². The van der Waals surface area contributed by atoms with Gasteiger partial charge in [-0.25, -0.2) is 4.79 Å². The minimum Gasteiger partial charge on any atom is -0.464 e. The lowest BCUT2D eigenvalue weighted by Crippen LogP contribution is -2.62. The van der Waals surface area contributed by atoms with Gasteiger partial charge in [0.25, 0.3) is 6.47 Å². The fourth-order valence-electron chi connectivity index (χ4n) is 13.0. The molecule has 0 amide bonds. The lowest BCUT2D eigenvalue weighted by Gasteiger charge is -2.63. The van der Waals surface area contributed by atoms with Crippen LogP contribution in [0.15, 0.2) is 11.6 Å². The Hall–Kier alpha value is -1.76. The average Bonchev–Trinajstić information content (AvgIpc) is 3.67. The van der Waals surface area contributed by atoms with Crippen LogP contribution < -0.4 is 0 Å². The average molecular weight is 809 g/mol.